The van der Waals surface area contributed by atoms with Crippen LogP contribution in [0.3, 0.4) is 0 Å². The van der Waals surface area contributed by atoms with E-state index in [4.69, 9.17) is 10.5 Å². The van der Waals surface area contributed by atoms with Crippen LogP contribution in [0.1, 0.15) is 5.56 Å². The highest BCUT2D eigenvalue weighted by atomic mass is 16.5. The molecule has 0 aliphatic heterocycles. The van der Waals surface area contributed by atoms with Crippen LogP contribution in [0, 0.1) is 11.8 Å². The molecular weight excluding hydrogens is 216 g/mol. The highest BCUT2D eigenvalue weighted by Gasteiger charge is 1.92. The van der Waals surface area contributed by atoms with Gasteiger partial charge in [0, 0.05) is 12.1 Å². The summed E-state index contributed by atoms with van der Waals surface area (Å²) >= 11 is 0. The van der Waals surface area contributed by atoms with Gasteiger partial charge in [0.05, 0.1) is 13.2 Å². The first-order valence-electron chi connectivity index (χ1n) is 5.40. The molecule has 17 heavy (non-hydrogen) atoms. The van der Waals surface area contributed by atoms with Crippen molar-refractivity contribution in [3.63, 3.8) is 0 Å². The predicted octanol–water partition coefficient (Wildman–Crippen LogP) is 0.130. The van der Waals surface area contributed by atoms with Crippen molar-refractivity contribution in [2.45, 2.75) is 0 Å². The van der Waals surface area contributed by atoms with Gasteiger partial charge in [-0.2, -0.15) is 0 Å². The summed E-state index contributed by atoms with van der Waals surface area (Å²) in [6.45, 7) is 1.67. The van der Waals surface area contributed by atoms with Crippen molar-refractivity contribution in [1.29, 1.82) is 0 Å². The number of nitrogens with two attached hydrogens (primary N) is 1. The fourth-order valence-electron chi connectivity index (χ4n) is 1.14. The number of ether oxygens (including phenoxy) is 1. The Hall–Kier alpha value is -1.83. The third-order valence-corrected chi connectivity index (χ3v) is 1.89. The van der Waals surface area contributed by atoms with Crippen LogP contribution >= 0.6 is 0 Å². The molecule has 0 saturated carbocycles. The zero-order chi connectivity index (χ0) is 12.3. The lowest BCUT2D eigenvalue weighted by Crippen LogP contribution is -2.24. The van der Waals surface area contributed by atoms with E-state index in [0.29, 0.717) is 19.7 Å². The maximum absolute atomic E-state index is 10.3. The summed E-state index contributed by atoms with van der Waals surface area (Å²) in [5, 5.41) is 3.08. The third-order valence-electron chi connectivity index (χ3n) is 1.89. The highest BCUT2D eigenvalue weighted by molar-refractivity contribution is 5.74. The lowest BCUT2D eigenvalue weighted by molar-refractivity contribution is -0.122. The lowest BCUT2D eigenvalue weighted by atomic mass is 10.2. The quantitative estimate of drug-likeness (QED) is 0.541. The zero-order valence-electron chi connectivity index (χ0n) is 9.61. The van der Waals surface area contributed by atoms with Crippen molar-refractivity contribution in [1.82, 2.24) is 5.32 Å². The summed E-state index contributed by atoms with van der Waals surface area (Å²) in [5.74, 6) is 5.57. The Morgan fingerprint density at radius 2 is 2.12 bits per heavy atom. The molecule has 1 aromatic carbocycles. The molecule has 0 heterocycles. The molecule has 1 aromatic rings. The lowest BCUT2D eigenvalue weighted by Gasteiger charge is -2.00. The summed E-state index contributed by atoms with van der Waals surface area (Å²) in [4.78, 5) is 10.3. The van der Waals surface area contributed by atoms with E-state index in [9.17, 15) is 4.79 Å². The molecule has 0 saturated heterocycles. The molecule has 0 bridgehead atoms. The van der Waals surface area contributed by atoms with Crippen LogP contribution in [0.2, 0.25) is 0 Å². The van der Waals surface area contributed by atoms with Gasteiger partial charge in [-0.1, -0.05) is 30.0 Å². The monoisotopic (exact) mass is 232 g/mol. The minimum atomic E-state index is -0.450. The van der Waals surface area contributed by atoms with Gasteiger partial charge in [-0.25, -0.2) is 0 Å². The standard InChI is InChI=1S/C13H16N2O2/c14-13(16)11-17-10-9-15-8-4-7-12-5-2-1-3-6-12/h1-3,5-6,15H,8-11H2,(H2,14,16). The molecule has 0 unspecified atom stereocenters. The maximum atomic E-state index is 10.3. The molecule has 0 atom stereocenters. The number of carbonyl (C=O) groups excluding carboxylic acids is 1. The number of hydrogen-bond donors (Lipinski definition) is 2. The molecular formula is C13H16N2O2. The SMILES string of the molecule is NC(=O)COCCNCC#Cc1ccccc1. The zero-order valence-corrected chi connectivity index (χ0v) is 9.61. The van der Waals surface area contributed by atoms with Gasteiger partial charge in [0.25, 0.3) is 0 Å². The first-order chi connectivity index (χ1) is 8.29. The Kier molecular flexibility index (Phi) is 6.49. The predicted molar refractivity (Wildman–Crippen MR) is 66.2 cm³/mol. The van der Waals surface area contributed by atoms with E-state index in [0.717, 1.165) is 5.56 Å². The second-order valence-electron chi connectivity index (χ2n) is 3.36. The molecule has 0 spiro atoms. The normalized spacial score (nSPS) is 9.41. The van der Waals surface area contributed by atoms with E-state index in [1.54, 1.807) is 0 Å². The minimum Gasteiger partial charge on any atom is -0.370 e. The highest BCUT2D eigenvalue weighted by Crippen LogP contribution is 1.93. The Bertz CT molecular complexity index is 393. The molecule has 0 fully saturated rings. The van der Waals surface area contributed by atoms with Crippen molar-refractivity contribution >= 4 is 5.91 Å². The van der Waals surface area contributed by atoms with Gasteiger partial charge in [0.2, 0.25) is 5.91 Å². The van der Waals surface area contributed by atoms with Gasteiger partial charge in [-0.15, -0.1) is 0 Å². The second kappa shape index (κ2) is 8.34. The van der Waals surface area contributed by atoms with E-state index in [1.165, 1.54) is 0 Å². The van der Waals surface area contributed by atoms with Crippen molar-refractivity contribution in [3.8, 4) is 11.8 Å². The Balaban J connectivity index is 2.05. The van der Waals surface area contributed by atoms with E-state index >= 15 is 0 Å². The molecule has 0 radical (unpaired) electrons. The average Bonchev–Trinajstić information content (AvgIpc) is 2.33. The van der Waals surface area contributed by atoms with Crippen LogP contribution in [0.4, 0.5) is 0 Å². The molecule has 0 aliphatic rings. The van der Waals surface area contributed by atoms with E-state index < -0.39 is 5.91 Å². The largest absolute Gasteiger partial charge is 0.370 e. The number of benzene rings is 1. The average molecular weight is 232 g/mol. The van der Waals surface area contributed by atoms with Crippen LogP contribution in [0.5, 0.6) is 0 Å². The fraction of sp³-hybridized carbons (Fsp3) is 0.308. The molecule has 90 valence electrons. The first-order valence-corrected chi connectivity index (χ1v) is 5.40. The smallest absolute Gasteiger partial charge is 0.243 e. The summed E-state index contributed by atoms with van der Waals surface area (Å²) in [6, 6.07) is 9.79. The van der Waals surface area contributed by atoms with Gasteiger partial charge in [-0.05, 0) is 12.1 Å². The summed E-state index contributed by atoms with van der Waals surface area (Å²) in [5.41, 5.74) is 5.91. The molecule has 4 heteroatoms. The topological polar surface area (TPSA) is 64.4 Å². The van der Waals surface area contributed by atoms with Gasteiger partial charge in [0.15, 0.2) is 0 Å². The van der Waals surface area contributed by atoms with Crippen LogP contribution in [-0.4, -0.2) is 32.2 Å². The number of nitrogens with one attached hydrogen (secondary N) is 1. The van der Waals surface area contributed by atoms with E-state index in [1.807, 2.05) is 30.3 Å². The second-order valence-corrected chi connectivity index (χ2v) is 3.36. The molecule has 1 amide bonds. The fourth-order valence-corrected chi connectivity index (χ4v) is 1.14. The number of primary amides is 1. The molecule has 0 aromatic heterocycles. The van der Waals surface area contributed by atoms with Crippen LogP contribution < -0.4 is 11.1 Å². The Morgan fingerprint density at radius 1 is 1.35 bits per heavy atom. The number of rotatable bonds is 6. The molecule has 1 rings (SSSR count). The van der Waals surface area contributed by atoms with Crippen LogP contribution in [-0.2, 0) is 9.53 Å². The van der Waals surface area contributed by atoms with E-state index in [-0.39, 0.29) is 6.61 Å². The van der Waals surface area contributed by atoms with Gasteiger partial charge >= 0.3 is 0 Å². The van der Waals surface area contributed by atoms with Gasteiger partial charge in [-0.3, -0.25) is 4.79 Å². The van der Waals surface area contributed by atoms with Crippen molar-refractivity contribution in [2.75, 3.05) is 26.3 Å². The van der Waals surface area contributed by atoms with Gasteiger partial charge < -0.3 is 15.8 Å². The summed E-state index contributed by atoms with van der Waals surface area (Å²) in [6.07, 6.45) is 0. The third kappa shape index (κ3) is 7.12. The summed E-state index contributed by atoms with van der Waals surface area (Å²) < 4.78 is 4.97. The number of hydrogen-bond acceptors (Lipinski definition) is 3. The molecule has 0 aliphatic carbocycles. The van der Waals surface area contributed by atoms with Gasteiger partial charge in [0.1, 0.15) is 6.61 Å². The molecule has 4 nitrogen and oxygen atoms in total. The molecule has 3 N–H and O–H groups in total. The first kappa shape index (κ1) is 13.2. The Morgan fingerprint density at radius 3 is 2.82 bits per heavy atom. The number of carbonyl (C=O) groups is 1. The number of amides is 1. The van der Waals surface area contributed by atoms with Crippen LogP contribution in [0.25, 0.3) is 0 Å². The minimum absolute atomic E-state index is 0.0304. The maximum Gasteiger partial charge on any atom is 0.243 e. The van der Waals surface area contributed by atoms with Crippen LogP contribution in [0.15, 0.2) is 30.3 Å². The van der Waals surface area contributed by atoms with Crippen molar-refractivity contribution < 1.29 is 9.53 Å². The summed E-state index contributed by atoms with van der Waals surface area (Å²) in [7, 11) is 0. The van der Waals surface area contributed by atoms with Crippen molar-refractivity contribution in [2.24, 2.45) is 5.73 Å². The van der Waals surface area contributed by atoms with E-state index in [2.05, 4.69) is 17.2 Å². The Labute approximate surface area is 101 Å². The van der Waals surface area contributed by atoms with Crippen molar-refractivity contribution in [3.05, 3.63) is 35.9 Å².